The van der Waals surface area contributed by atoms with Gasteiger partial charge in [-0.2, -0.15) is 5.26 Å². The van der Waals surface area contributed by atoms with Crippen molar-refractivity contribution >= 4 is 33.0 Å². The molecule has 0 aromatic heterocycles. The van der Waals surface area contributed by atoms with E-state index in [1.165, 1.54) is 6.07 Å². The van der Waals surface area contributed by atoms with E-state index in [1.807, 2.05) is 6.07 Å². The summed E-state index contributed by atoms with van der Waals surface area (Å²) in [6.45, 7) is 0. The average Bonchev–Trinajstić information content (AvgIpc) is 2.33. The highest BCUT2D eigenvalue weighted by Gasteiger charge is 2.09. The first-order chi connectivity index (χ1) is 8.61. The van der Waals surface area contributed by atoms with Gasteiger partial charge in [0.1, 0.15) is 17.4 Å². The quantitative estimate of drug-likeness (QED) is 0.830. The van der Waals surface area contributed by atoms with Crippen LogP contribution in [0.4, 0.5) is 21.5 Å². The molecule has 0 fully saturated rings. The Balaban J connectivity index is 2.41. The number of nitrogens with two attached hydrogens (primary N) is 1. The number of nitriles is 1. The second-order valence-corrected chi connectivity index (χ2v) is 4.49. The molecule has 18 heavy (non-hydrogen) atoms. The molecule has 0 atom stereocenters. The van der Waals surface area contributed by atoms with Crippen LogP contribution < -0.4 is 11.1 Å². The van der Waals surface area contributed by atoms with E-state index in [1.54, 1.807) is 30.3 Å². The Hall–Kier alpha value is -2.06. The predicted octanol–water partition coefficient (Wildman–Crippen LogP) is 3.79. The van der Waals surface area contributed by atoms with E-state index >= 15 is 0 Å². The van der Waals surface area contributed by atoms with Crippen molar-refractivity contribution in [3.8, 4) is 6.07 Å². The third-order valence-corrected chi connectivity index (χ3v) is 3.04. The molecule has 0 saturated carbocycles. The fraction of sp³-hybridized carbons (Fsp3) is 0. The van der Waals surface area contributed by atoms with Gasteiger partial charge in [0.25, 0.3) is 0 Å². The molecule has 0 aliphatic carbocycles. The molecule has 0 unspecified atom stereocenters. The van der Waals surface area contributed by atoms with Crippen LogP contribution in [0.1, 0.15) is 5.56 Å². The number of hydrogen-bond donors (Lipinski definition) is 2. The minimum atomic E-state index is -0.547. The topological polar surface area (TPSA) is 61.8 Å². The van der Waals surface area contributed by atoms with E-state index in [4.69, 9.17) is 11.0 Å². The minimum absolute atomic E-state index is 0.0128. The molecule has 2 aromatic carbocycles. The van der Waals surface area contributed by atoms with Crippen molar-refractivity contribution in [3.63, 3.8) is 0 Å². The zero-order valence-corrected chi connectivity index (χ0v) is 10.8. The van der Waals surface area contributed by atoms with Gasteiger partial charge in [-0.25, -0.2) is 4.39 Å². The normalized spacial score (nSPS) is 9.83. The van der Waals surface area contributed by atoms with Crippen molar-refractivity contribution in [2.75, 3.05) is 11.1 Å². The lowest BCUT2D eigenvalue weighted by molar-refractivity contribution is 0.624. The van der Waals surface area contributed by atoms with Crippen LogP contribution in [0, 0.1) is 17.1 Å². The standard InChI is InChI=1S/C13H9BrFN3/c14-10-6-8(17)4-5-13(10)18-12-3-1-2-11(15)9(12)7-16/h1-6,18H,17H2. The van der Waals surface area contributed by atoms with Crippen molar-refractivity contribution in [2.45, 2.75) is 0 Å². The number of rotatable bonds is 2. The Kier molecular flexibility index (Phi) is 3.49. The Morgan fingerprint density at radius 3 is 2.67 bits per heavy atom. The summed E-state index contributed by atoms with van der Waals surface area (Å²) in [5, 5.41) is 11.9. The first-order valence-corrected chi connectivity index (χ1v) is 5.92. The SMILES string of the molecule is N#Cc1c(F)cccc1Nc1ccc(N)cc1Br. The molecule has 0 aliphatic rings. The molecular formula is C13H9BrFN3. The van der Waals surface area contributed by atoms with Crippen LogP contribution in [0.15, 0.2) is 40.9 Å². The number of nitrogen functional groups attached to an aromatic ring is 1. The van der Waals surface area contributed by atoms with Crippen LogP contribution in [0.3, 0.4) is 0 Å². The molecule has 0 bridgehead atoms. The molecule has 90 valence electrons. The summed E-state index contributed by atoms with van der Waals surface area (Å²) in [7, 11) is 0. The summed E-state index contributed by atoms with van der Waals surface area (Å²) in [5.41, 5.74) is 7.37. The van der Waals surface area contributed by atoms with Gasteiger partial charge in [-0.3, -0.25) is 0 Å². The highest BCUT2D eigenvalue weighted by Crippen LogP contribution is 2.29. The zero-order chi connectivity index (χ0) is 13.1. The van der Waals surface area contributed by atoms with Crippen LogP contribution >= 0.6 is 15.9 Å². The Labute approximate surface area is 112 Å². The lowest BCUT2D eigenvalue weighted by atomic mass is 10.1. The number of anilines is 3. The summed E-state index contributed by atoms with van der Waals surface area (Å²) in [6, 6.07) is 11.5. The third kappa shape index (κ3) is 2.44. The van der Waals surface area contributed by atoms with Crippen molar-refractivity contribution in [3.05, 3.63) is 52.3 Å². The molecule has 0 heterocycles. The molecule has 0 radical (unpaired) electrons. The van der Waals surface area contributed by atoms with E-state index < -0.39 is 5.82 Å². The second-order valence-electron chi connectivity index (χ2n) is 3.64. The van der Waals surface area contributed by atoms with Gasteiger partial charge >= 0.3 is 0 Å². The maximum absolute atomic E-state index is 13.4. The summed E-state index contributed by atoms with van der Waals surface area (Å²) in [6.07, 6.45) is 0. The Morgan fingerprint density at radius 2 is 2.00 bits per heavy atom. The summed E-state index contributed by atoms with van der Waals surface area (Å²) in [5.74, 6) is -0.547. The monoisotopic (exact) mass is 305 g/mol. The summed E-state index contributed by atoms with van der Waals surface area (Å²) < 4.78 is 14.2. The molecule has 0 spiro atoms. The van der Waals surface area contributed by atoms with Crippen LogP contribution in [-0.4, -0.2) is 0 Å². The van der Waals surface area contributed by atoms with Crippen LogP contribution in [0.5, 0.6) is 0 Å². The fourth-order valence-electron chi connectivity index (χ4n) is 1.52. The van der Waals surface area contributed by atoms with E-state index in [0.29, 0.717) is 17.1 Å². The molecule has 2 aromatic rings. The van der Waals surface area contributed by atoms with Crippen LogP contribution in [0.2, 0.25) is 0 Å². The maximum Gasteiger partial charge on any atom is 0.143 e. The molecule has 3 N–H and O–H groups in total. The van der Waals surface area contributed by atoms with Crippen LogP contribution in [0.25, 0.3) is 0 Å². The Morgan fingerprint density at radius 1 is 1.22 bits per heavy atom. The lowest BCUT2D eigenvalue weighted by Crippen LogP contribution is -1.97. The van der Waals surface area contributed by atoms with Gasteiger partial charge in [-0.15, -0.1) is 0 Å². The molecule has 0 aliphatic heterocycles. The number of nitrogens with zero attached hydrogens (tertiary/aromatic N) is 1. The van der Waals surface area contributed by atoms with E-state index in [-0.39, 0.29) is 5.56 Å². The van der Waals surface area contributed by atoms with E-state index in [9.17, 15) is 4.39 Å². The summed E-state index contributed by atoms with van der Waals surface area (Å²) >= 11 is 3.35. The molecule has 3 nitrogen and oxygen atoms in total. The van der Waals surface area contributed by atoms with E-state index in [2.05, 4.69) is 21.2 Å². The highest BCUT2D eigenvalue weighted by molar-refractivity contribution is 9.10. The highest BCUT2D eigenvalue weighted by atomic mass is 79.9. The van der Waals surface area contributed by atoms with Gasteiger partial charge in [0, 0.05) is 10.2 Å². The van der Waals surface area contributed by atoms with Crippen LogP contribution in [-0.2, 0) is 0 Å². The number of nitrogens with one attached hydrogen (secondary N) is 1. The van der Waals surface area contributed by atoms with E-state index in [0.717, 1.165) is 4.47 Å². The molecular weight excluding hydrogens is 297 g/mol. The summed E-state index contributed by atoms with van der Waals surface area (Å²) in [4.78, 5) is 0. The molecule has 5 heteroatoms. The van der Waals surface area contributed by atoms with Crippen molar-refractivity contribution < 1.29 is 4.39 Å². The number of halogens is 2. The van der Waals surface area contributed by atoms with Crippen molar-refractivity contribution in [2.24, 2.45) is 0 Å². The van der Waals surface area contributed by atoms with Gasteiger partial charge < -0.3 is 11.1 Å². The number of benzene rings is 2. The zero-order valence-electron chi connectivity index (χ0n) is 9.24. The average molecular weight is 306 g/mol. The van der Waals surface area contributed by atoms with Gasteiger partial charge in [0.05, 0.1) is 11.4 Å². The van der Waals surface area contributed by atoms with Crippen molar-refractivity contribution in [1.82, 2.24) is 0 Å². The second kappa shape index (κ2) is 5.07. The van der Waals surface area contributed by atoms with Crippen molar-refractivity contribution in [1.29, 1.82) is 5.26 Å². The first kappa shape index (κ1) is 12.4. The lowest BCUT2D eigenvalue weighted by Gasteiger charge is -2.10. The molecule has 0 saturated heterocycles. The van der Waals surface area contributed by atoms with Gasteiger partial charge in [0.15, 0.2) is 0 Å². The Bertz CT molecular complexity index is 635. The largest absolute Gasteiger partial charge is 0.399 e. The molecule has 2 rings (SSSR count). The number of hydrogen-bond acceptors (Lipinski definition) is 3. The van der Waals surface area contributed by atoms with Gasteiger partial charge in [-0.1, -0.05) is 6.07 Å². The third-order valence-electron chi connectivity index (χ3n) is 2.39. The minimum Gasteiger partial charge on any atom is -0.399 e. The predicted molar refractivity (Wildman–Crippen MR) is 73.0 cm³/mol. The first-order valence-electron chi connectivity index (χ1n) is 5.12. The van der Waals surface area contributed by atoms with Gasteiger partial charge in [0.2, 0.25) is 0 Å². The molecule has 0 amide bonds. The van der Waals surface area contributed by atoms with Gasteiger partial charge in [-0.05, 0) is 46.3 Å². The maximum atomic E-state index is 13.4. The smallest absolute Gasteiger partial charge is 0.143 e. The fourth-order valence-corrected chi connectivity index (χ4v) is 2.02.